The molecule has 2 N–H and O–H groups in total. The number of aryl methyl sites for hydroxylation is 1. The number of nitrogens with one attached hydrogen (secondary N) is 1. The van der Waals surface area contributed by atoms with E-state index in [-0.39, 0.29) is 5.91 Å². The van der Waals surface area contributed by atoms with Crippen molar-refractivity contribution >= 4 is 17.6 Å². The zero-order valence-electron chi connectivity index (χ0n) is 17.5. The van der Waals surface area contributed by atoms with E-state index in [1.165, 1.54) is 0 Å². The maximum absolute atomic E-state index is 13.5. The van der Waals surface area contributed by atoms with Crippen LogP contribution in [0.1, 0.15) is 34.0 Å². The summed E-state index contributed by atoms with van der Waals surface area (Å²) in [5, 5.41) is 12.4. The van der Waals surface area contributed by atoms with Crippen LogP contribution in [0.2, 0.25) is 0 Å². The van der Waals surface area contributed by atoms with Gasteiger partial charge in [-0.3, -0.25) is 4.79 Å². The van der Waals surface area contributed by atoms with E-state index in [1.807, 2.05) is 79.4 Å². The predicted octanol–water partition coefficient (Wildman–Crippen LogP) is 4.40. The van der Waals surface area contributed by atoms with E-state index in [9.17, 15) is 9.59 Å². The maximum atomic E-state index is 13.5. The molecule has 4 rings (SSSR count). The normalized spacial score (nSPS) is 17.6. The van der Waals surface area contributed by atoms with E-state index in [1.54, 1.807) is 12.1 Å². The molecule has 0 saturated heterocycles. The third-order valence-corrected chi connectivity index (χ3v) is 5.56. The molecule has 1 aliphatic rings. The van der Waals surface area contributed by atoms with Gasteiger partial charge in [0.1, 0.15) is 11.4 Å². The average molecular weight is 416 g/mol. The SMILES string of the molecule is Cc1ccc(CN2C(=O)c3ccccc3N[C@@]2(C)c2ccc(OCC(=O)O)cc2)cc1. The fourth-order valence-electron chi connectivity index (χ4n) is 3.81. The molecule has 3 aromatic rings. The van der Waals surface area contributed by atoms with Crippen molar-refractivity contribution in [1.82, 2.24) is 4.90 Å². The van der Waals surface area contributed by atoms with Gasteiger partial charge in [-0.15, -0.1) is 0 Å². The third-order valence-electron chi connectivity index (χ3n) is 5.56. The Balaban J connectivity index is 1.71. The van der Waals surface area contributed by atoms with Gasteiger partial charge in [0.15, 0.2) is 6.61 Å². The lowest BCUT2D eigenvalue weighted by atomic mass is 9.92. The highest BCUT2D eigenvalue weighted by Gasteiger charge is 2.42. The molecule has 1 atom stereocenters. The first kappa shape index (κ1) is 20.5. The largest absolute Gasteiger partial charge is 0.482 e. The summed E-state index contributed by atoms with van der Waals surface area (Å²) in [4.78, 5) is 26.1. The molecule has 1 amide bonds. The number of hydrogen-bond acceptors (Lipinski definition) is 4. The number of para-hydroxylation sites is 1. The van der Waals surface area contributed by atoms with Crippen LogP contribution < -0.4 is 10.1 Å². The summed E-state index contributed by atoms with van der Waals surface area (Å²) in [6.07, 6.45) is 0. The van der Waals surface area contributed by atoms with Crippen molar-refractivity contribution in [1.29, 1.82) is 0 Å². The first-order valence-corrected chi connectivity index (χ1v) is 10.1. The molecule has 6 heteroatoms. The Morgan fingerprint density at radius 3 is 2.39 bits per heavy atom. The van der Waals surface area contributed by atoms with E-state index >= 15 is 0 Å². The minimum absolute atomic E-state index is 0.0522. The fourth-order valence-corrected chi connectivity index (χ4v) is 3.81. The van der Waals surface area contributed by atoms with Gasteiger partial charge in [-0.2, -0.15) is 0 Å². The first-order chi connectivity index (χ1) is 14.9. The summed E-state index contributed by atoms with van der Waals surface area (Å²) in [5.74, 6) is -0.623. The topological polar surface area (TPSA) is 78.9 Å². The third kappa shape index (κ3) is 4.10. The van der Waals surface area contributed by atoms with Crippen molar-refractivity contribution in [3.8, 4) is 5.75 Å². The number of fused-ring (bicyclic) bond motifs is 1. The lowest BCUT2D eigenvalue weighted by Crippen LogP contribution is -2.55. The van der Waals surface area contributed by atoms with E-state index in [0.717, 1.165) is 22.4 Å². The average Bonchev–Trinajstić information content (AvgIpc) is 2.77. The van der Waals surface area contributed by atoms with Gasteiger partial charge in [-0.05, 0) is 49.2 Å². The van der Waals surface area contributed by atoms with E-state index in [4.69, 9.17) is 9.84 Å². The Hall–Kier alpha value is -3.80. The molecule has 31 heavy (non-hydrogen) atoms. The minimum atomic E-state index is -1.03. The second kappa shape index (κ2) is 8.14. The van der Waals surface area contributed by atoms with Gasteiger partial charge >= 0.3 is 5.97 Å². The van der Waals surface area contributed by atoms with Gasteiger partial charge in [0.25, 0.3) is 5.91 Å². The number of nitrogens with zero attached hydrogens (tertiary/aromatic N) is 1. The molecule has 0 saturated carbocycles. The monoisotopic (exact) mass is 416 g/mol. The number of amides is 1. The second-order valence-corrected chi connectivity index (χ2v) is 7.83. The molecule has 3 aromatic carbocycles. The van der Waals surface area contributed by atoms with Crippen molar-refractivity contribution in [2.45, 2.75) is 26.1 Å². The Bertz CT molecular complexity index is 1110. The molecule has 1 heterocycles. The summed E-state index contributed by atoms with van der Waals surface area (Å²) in [6.45, 7) is 4.04. The van der Waals surface area contributed by atoms with Crippen molar-refractivity contribution in [3.05, 3.63) is 95.1 Å². The number of hydrogen-bond donors (Lipinski definition) is 2. The highest BCUT2D eigenvalue weighted by atomic mass is 16.5. The molecular weight excluding hydrogens is 392 g/mol. The number of carbonyl (C=O) groups excluding carboxylic acids is 1. The van der Waals surface area contributed by atoms with Crippen LogP contribution in [0.4, 0.5) is 5.69 Å². The Morgan fingerprint density at radius 2 is 1.71 bits per heavy atom. The Morgan fingerprint density at radius 1 is 1.03 bits per heavy atom. The summed E-state index contributed by atoms with van der Waals surface area (Å²) in [7, 11) is 0. The lowest BCUT2D eigenvalue weighted by Gasteiger charge is -2.47. The van der Waals surface area contributed by atoms with Gasteiger partial charge < -0.3 is 20.1 Å². The molecule has 0 radical (unpaired) electrons. The lowest BCUT2D eigenvalue weighted by molar-refractivity contribution is -0.139. The number of aliphatic carboxylic acids is 1. The zero-order chi connectivity index (χ0) is 22.0. The molecule has 6 nitrogen and oxygen atoms in total. The number of benzene rings is 3. The number of rotatable bonds is 6. The fraction of sp³-hybridized carbons (Fsp3) is 0.200. The van der Waals surface area contributed by atoms with Gasteiger partial charge in [-0.25, -0.2) is 4.79 Å². The number of carboxylic acid groups (broad SMARTS) is 1. The van der Waals surface area contributed by atoms with Crippen LogP contribution in [-0.2, 0) is 17.0 Å². The molecule has 1 aliphatic heterocycles. The van der Waals surface area contributed by atoms with Crippen molar-refractivity contribution in [2.75, 3.05) is 11.9 Å². The van der Waals surface area contributed by atoms with E-state index < -0.39 is 18.2 Å². The van der Waals surface area contributed by atoms with Crippen LogP contribution >= 0.6 is 0 Å². The molecule has 0 spiro atoms. The van der Waals surface area contributed by atoms with Gasteiger partial charge in [-0.1, -0.05) is 54.1 Å². The molecule has 0 aromatic heterocycles. The van der Waals surface area contributed by atoms with Crippen LogP contribution in [0.15, 0.2) is 72.8 Å². The molecule has 0 fully saturated rings. The molecule has 158 valence electrons. The van der Waals surface area contributed by atoms with E-state index in [0.29, 0.717) is 17.9 Å². The standard InChI is InChI=1S/C25H24N2O4/c1-17-7-9-18(10-8-17)15-27-24(30)21-5-3-4-6-22(21)26-25(27,2)19-11-13-20(14-12-19)31-16-23(28)29/h3-14,26H,15-16H2,1-2H3,(H,28,29)/t25-/m1/s1. The quantitative estimate of drug-likeness (QED) is 0.623. The number of anilines is 1. The summed E-state index contributed by atoms with van der Waals surface area (Å²) in [5.41, 5.74) is 3.67. The van der Waals surface area contributed by atoms with Gasteiger partial charge in [0.05, 0.1) is 5.56 Å². The minimum Gasteiger partial charge on any atom is -0.482 e. The summed E-state index contributed by atoms with van der Waals surface area (Å²) in [6, 6.07) is 22.8. The van der Waals surface area contributed by atoms with Crippen molar-refractivity contribution < 1.29 is 19.4 Å². The first-order valence-electron chi connectivity index (χ1n) is 10.1. The number of carboxylic acids is 1. The van der Waals surface area contributed by atoms with Crippen LogP contribution in [0, 0.1) is 6.92 Å². The van der Waals surface area contributed by atoms with E-state index in [2.05, 4.69) is 5.32 Å². The summed E-state index contributed by atoms with van der Waals surface area (Å²) < 4.78 is 5.25. The number of carbonyl (C=O) groups is 2. The van der Waals surface area contributed by atoms with Crippen LogP contribution in [0.3, 0.4) is 0 Å². The van der Waals surface area contributed by atoms with Crippen molar-refractivity contribution in [3.63, 3.8) is 0 Å². The number of ether oxygens (including phenoxy) is 1. The molecule has 0 aliphatic carbocycles. The predicted molar refractivity (Wildman–Crippen MR) is 118 cm³/mol. The van der Waals surface area contributed by atoms with Crippen LogP contribution in [0.5, 0.6) is 5.75 Å². The highest BCUT2D eigenvalue weighted by molar-refractivity contribution is 6.02. The Labute approximate surface area is 181 Å². The van der Waals surface area contributed by atoms with Crippen molar-refractivity contribution in [2.24, 2.45) is 0 Å². The maximum Gasteiger partial charge on any atom is 0.341 e. The van der Waals surface area contributed by atoms with Gasteiger partial charge in [0, 0.05) is 12.2 Å². The highest BCUT2D eigenvalue weighted by Crippen LogP contribution is 2.39. The molecule has 0 bridgehead atoms. The van der Waals surface area contributed by atoms with Crippen LogP contribution in [-0.4, -0.2) is 28.5 Å². The smallest absolute Gasteiger partial charge is 0.341 e. The van der Waals surface area contributed by atoms with Crippen LogP contribution in [0.25, 0.3) is 0 Å². The Kier molecular flexibility index (Phi) is 5.38. The van der Waals surface area contributed by atoms with Gasteiger partial charge in [0.2, 0.25) is 0 Å². The summed E-state index contributed by atoms with van der Waals surface area (Å²) >= 11 is 0. The molecular formula is C25H24N2O4. The molecule has 0 unspecified atom stereocenters. The zero-order valence-corrected chi connectivity index (χ0v) is 17.5. The second-order valence-electron chi connectivity index (χ2n) is 7.83.